The summed E-state index contributed by atoms with van der Waals surface area (Å²) in [5, 5.41) is 5.55. The molecular weight excluding hydrogens is 665 g/mol. The van der Waals surface area contributed by atoms with Crippen LogP contribution in [0.1, 0.15) is 48.0 Å². The SMILES string of the molecule is CC1(C)c2ccccc2-c2cc3c4ccccc4n(-c4nc(-c5cccc6c5oc5ccccc56)nc(C5C=Cc6c(oc7ccccc67)C5)n4)c3cc21. The van der Waals surface area contributed by atoms with Crippen LogP contribution in [0.4, 0.5) is 0 Å². The van der Waals surface area contributed by atoms with Crippen LogP contribution in [0.5, 0.6) is 0 Å². The van der Waals surface area contributed by atoms with Gasteiger partial charge < -0.3 is 8.83 Å². The molecule has 1 unspecified atom stereocenters. The minimum atomic E-state index is -0.162. The molecule has 6 aromatic carbocycles. The van der Waals surface area contributed by atoms with Crippen LogP contribution in [0.2, 0.25) is 0 Å². The van der Waals surface area contributed by atoms with E-state index in [4.69, 9.17) is 23.8 Å². The summed E-state index contributed by atoms with van der Waals surface area (Å²) in [6, 6.07) is 44.7. The highest BCUT2D eigenvalue weighted by Crippen LogP contribution is 2.51. The Morgan fingerprint density at radius 1 is 0.593 bits per heavy atom. The molecule has 1 atom stereocenters. The van der Waals surface area contributed by atoms with E-state index in [2.05, 4.69) is 128 Å². The van der Waals surface area contributed by atoms with Gasteiger partial charge in [0.15, 0.2) is 5.82 Å². The predicted octanol–water partition coefficient (Wildman–Crippen LogP) is 11.9. The molecule has 2 aliphatic carbocycles. The number of fused-ring (bicyclic) bond motifs is 12. The Kier molecular flexibility index (Phi) is 5.86. The molecule has 0 radical (unpaired) electrons. The quantitative estimate of drug-likeness (QED) is 0.184. The summed E-state index contributed by atoms with van der Waals surface area (Å²) in [4.78, 5) is 16.0. The third-order valence-corrected chi connectivity index (χ3v) is 11.8. The molecule has 0 saturated heterocycles. The lowest BCUT2D eigenvalue weighted by molar-refractivity contribution is 0.526. The Hall–Kier alpha value is -6.79. The lowest BCUT2D eigenvalue weighted by Crippen LogP contribution is -2.15. The van der Waals surface area contributed by atoms with Crippen molar-refractivity contribution in [3.05, 3.63) is 162 Å². The van der Waals surface area contributed by atoms with E-state index in [0.717, 1.165) is 66.2 Å². The maximum Gasteiger partial charge on any atom is 0.238 e. The first-order chi connectivity index (χ1) is 26.5. The van der Waals surface area contributed by atoms with Crippen molar-refractivity contribution in [2.75, 3.05) is 0 Å². The summed E-state index contributed by atoms with van der Waals surface area (Å²) in [5.74, 6) is 2.65. The molecular formula is C48H32N4O2. The molecule has 12 rings (SSSR count). The Labute approximate surface area is 310 Å². The standard InChI is InChI=1S/C48H32N4O2/c1-48(2)37-18-7-3-12-28(37)35-25-36-29-13-4-8-19-39(29)52(40(36)26-38(35)48)47-50-45(27-22-23-32-30-14-5-9-20-41(30)53-43(32)24-27)49-46(51-47)34-17-11-16-33-31-15-6-10-21-42(31)54-44(33)34/h3-23,25-27H,24H2,1-2H3. The maximum atomic E-state index is 6.54. The van der Waals surface area contributed by atoms with Crippen molar-refractivity contribution in [2.24, 2.45) is 0 Å². The van der Waals surface area contributed by atoms with Gasteiger partial charge in [0.25, 0.3) is 0 Å². The number of benzene rings is 6. The average Bonchev–Trinajstić information content (AvgIpc) is 3.93. The van der Waals surface area contributed by atoms with Gasteiger partial charge in [-0.1, -0.05) is 117 Å². The molecule has 10 aromatic rings. The smallest absolute Gasteiger partial charge is 0.238 e. The first-order valence-corrected chi connectivity index (χ1v) is 18.5. The predicted molar refractivity (Wildman–Crippen MR) is 216 cm³/mol. The Morgan fingerprint density at radius 3 is 2.20 bits per heavy atom. The Morgan fingerprint density at radius 2 is 1.31 bits per heavy atom. The summed E-state index contributed by atoms with van der Waals surface area (Å²) < 4.78 is 15.2. The van der Waals surface area contributed by atoms with Crippen LogP contribution >= 0.6 is 0 Å². The van der Waals surface area contributed by atoms with Gasteiger partial charge in [0.05, 0.1) is 16.6 Å². The normalized spacial score (nSPS) is 15.8. The number of hydrogen-bond acceptors (Lipinski definition) is 5. The van der Waals surface area contributed by atoms with Crippen LogP contribution in [-0.4, -0.2) is 19.5 Å². The van der Waals surface area contributed by atoms with Crippen molar-refractivity contribution in [2.45, 2.75) is 31.6 Å². The second kappa shape index (κ2) is 10.6. The summed E-state index contributed by atoms with van der Waals surface area (Å²) in [5.41, 5.74) is 11.6. The molecule has 0 saturated carbocycles. The molecule has 0 amide bonds. The monoisotopic (exact) mass is 696 g/mol. The molecule has 4 aromatic heterocycles. The van der Waals surface area contributed by atoms with E-state index in [-0.39, 0.29) is 11.3 Å². The largest absolute Gasteiger partial charge is 0.460 e. The van der Waals surface area contributed by atoms with E-state index in [9.17, 15) is 0 Å². The first kappa shape index (κ1) is 29.8. The van der Waals surface area contributed by atoms with E-state index in [0.29, 0.717) is 24.0 Å². The number of rotatable bonds is 3. The third kappa shape index (κ3) is 4.02. The van der Waals surface area contributed by atoms with E-state index >= 15 is 0 Å². The van der Waals surface area contributed by atoms with Gasteiger partial charge in [0, 0.05) is 50.2 Å². The molecule has 6 nitrogen and oxygen atoms in total. The van der Waals surface area contributed by atoms with Gasteiger partial charge in [-0.15, -0.1) is 0 Å². The molecule has 0 bridgehead atoms. The number of aromatic nitrogens is 4. The topological polar surface area (TPSA) is 69.9 Å². The van der Waals surface area contributed by atoms with Gasteiger partial charge in [-0.2, -0.15) is 9.97 Å². The van der Waals surface area contributed by atoms with Gasteiger partial charge >= 0.3 is 0 Å². The van der Waals surface area contributed by atoms with Crippen LogP contribution < -0.4 is 0 Å². The fraction of sp³-hybridized carbons (Fsp3) is 0.104. The molecule has 4 heterocycles. The van der Waals surface area contributed by atoms with E-state index < -0.39 is 0 Å². The van der Waals surface area contributed by atoms with Crippen LogP contribution in [0.15, 0.2) is 142 Å². The van der Waals surface area contributed by atoms with E-state index in [1.807, 2.05) is 30.3 Å². The minimum Gasteiger partial charge on any atom is -0.460 e. The zero-order valence-electron chi connectivity index (χ0n) is 29.7. The van der Waals surface area contributed by atoms with Crippen molar-refractivity contribution in [3.63, 3.8) is 0 Å². The zero-order valence-corrected chi connectivity index (χ0v) is 29.7. The van der Waals surface area contributed by atoms with Crippen LogP contribution in [0.25, 0.3) is 89.3 Å². The highest BCUT2D eigenvalue weighted by atomic mass is 16.3. The van der Waals surface area contributed by atoms with Gasteiger partial charge in [-0.05, 0) is 58.7 Å². The maximum absolute atomic E-state index is 6.54. The molecule has 0 aliphatic heterocycles. The Balaban J connectivity index is 1.12. The van der Waals surface area contributed by atoms with Crippen molar-refractivity contribution in [1.29, 1.82) is 0 Å². The molecule has 6 heteroatoms. The molecule has 0 fully saturated rings. The van der Waals surface area contributed by atoms with E-state index in [1.165, 1.54) is 27.6 Å². The number of hydrogen-bond donors (Lipinski definition) is 0. The number of furan rings is 2. The van der Waals surface area contributed by atoms with Crippen molar-refractivity contribution in [1.82, 2.24) is 19.5 Å². The summed E-state index contributed by atoms with van der Waals surface area (Å²) in [7, 11) is 0. The molecule has 256 valence electrons. The van der Waals surface area contributed by atoms with Crippen LogP contribution in [-0.2, 0) is 11.8 Å². The number of para-hydroxylation sites is 4. The minimum absolute atomic E-state index is 0.126. The highest BCUT2D eigenvalue weighted by Gasteiger charge is 2.36. The van der Waals surface area contributed by atoms with E-state index in [1.54, 1.807) is 0 Å². The fourth-order valence-electron chi connectivity index (χ4n) is 9.18. The third-order valence-electron chi connectivity index (χ3n) is 11.8. The number of allylic oxidation sites excluding steroid dienone is 1. The van der Waals surface area contributed by atoms with Crippen LogP contribution in [0.3, 0.4) is 0 Å². The Bertz CT molecular complexity index is 3250. The summed E-state index contributed by atoms with van der Waals surface area (Å²) in [6.07, 6.45) is 5.03. The molecule has 2 aliphatic rings. The average molecular weight is 697 g/mol. The number of nitrogens with zero attached hydrogens (tertiary/aromatic N) is 4. The molecule has 0 N–H and O–H groups in total. The second-order valence-electron chi connectivity index (χ2n) is 15.1. The van der Waals surface area contributed by atoms with Gasteiger partial charge in [0.2, 0.25) is 5.95 Å². The van der Waals surface area contributed by atoms with Crippen LogP contribution in [0, 0.1) is 0 Å². The second-order valence-corrected chi connectivity index (χ2v) is 15.1. The van der Waals surface area contributed by atoms with Crippen molar-refractivity contribution >= 4 is 60.8 Å². The summed E-state index contributed by atoms with van der Waals surface area (Å²) in [6.45, 7) is 4.65. The fourth-order valence-corrected chi connectivity index (χ4v) is 9.18. The van der Waals surface area contributed by atoms with Crippen molar-refractivity contribution in [3.8, 4) is 28.5 Å². The highest BCUT2D eigenvalue weighted by molar-refractivity contribution is 6.12. The molecule has 0 spiro atoms. The zero-order chi connectivity index (χ0) is 35.7. The van der Waals surface area contributed by atoms with Crippen molar-refractivity contribution < 1.29 is 8.83 Å². The molecule has 54 heavy (non-hydrogen) atoms. The van der Waals surface area contributed by atoms with Gasteiger partial charge in [-0.25, -0.2) is 4.98 Å². The summed E-state index contributed by atoms with van der Waals surface area (Å²) >= 11 is 0. The lowest BCUT2D eigenvalue weighted by atomic mass is 9.82. The lowest BCUT2D eigenvalue weighted by Gasteiger charge is -2.21. The van der Waals surface area contributed by atoms with Gasteiger partial charge in [-0.3, -0.25) is 4.57 Å². The van der Waals surface area contributed by atoms with Gasteiger partial charge in [0.1, 0.15) is 28.3 Å². The first-order valence-electron chi connectivity index (χ1n) is 18.5.